The van der Waals surface area contributed by atoms with Crippen LogP contribution in [0.4, 0.5) is 0 Å². The van der Waals surface area contributed by atoms with E-state index in [1.165, 1.54) is 6.07 Å². The predicted molar refractivity (Wildman–Crippen MR) is 78.5 cm³/mol. The van der Waals surface area contributed by atoms with Gasteiger partial charge >= 0.3 is 0 Å². The molecule has 0 bridgehead atoms. The normalized spacial score (nSPS) is 14.8. The Kier molecular flexibility index (Phi) is 5.56. The van der Waals surface area contributed by atoms with Crippen LogP contribution < -0.4 is 9.46 Å². The van der Waals surface area contributed by atoms with Gasteiger partial charge < -0.3 is 9.84 Å². The van der Waals surface area contributed by atoms with E-state index in [0.717, 1.165) is 5.56 Å². The topological polar surface area (TPSA) is 75.6 Å². The van der Waals surface area contributed by atoms with E-state index < -0.39 is 15.6 Å². The van der Waals surface area contributed by atoms with Crippen LogP contribution in [-0.4, -0.2) is 32.8 Å². The summed E-state index contributed by atoms with van der Waals surface area (Å²) in [6.45, 7) is 5.41. The summed E-state index contributed by atoms with van der Waals surface area (Å²) >= 11 is 0. The summed E-state index contributed by atoms with van der Waals surface area (Å²) in [6, 6.07) is 4.73. The Hall–Kier alpha value is -1.11. The molecule has 0 amide bonds. The fourth-order valence-electron chi connectivity index (χ4n) is 1.95. The predicted octanol–water partition coefficient (Wildman–Crippen LogP) is 1.83. The Morgan fingerprint density at radius 1 is 1.40 bits per heavy atom. The molecule has 20 heavy (non-hydrogen) atoms. The first-order valence-corrected chi connectivity index (χ1v) is 8.06. The van der Waals surface area contributed by atoms with Crippen molar-refractivity contribution in [2.45, 2.75) is 44.0 Å². The minimum Gasteiger partial charge on any atom is -0.496 e. The summed E-state index contributed by atoms with van der Waals surface area (Å²) in [5, 5.41) is 9.06. The lowest BCUT2D eigenvalue weighted by Gasteiger charge is -2.28. The number of aliphatic hydroxyl groups excluding tert-OH is 1. The van der Waals surface area contributed by atoms with Crippen LogP contribution in [0.1, 0.15) is 32.3 Å². The fourth-order valence-corrected chi connectivity index (χ4v) is 3.54. The van der Waals surface area contributed by atoms with Gasteiger partial charge in [-0.25, -0.2) is 13.1 Å². The summed E-state index contributed by atoms with van der Waals surface area (Å²) in [5.41, 5.74) is 0.109. The number of benzene rings is 1. The smallest absolute Gasteiger partial charge is 0.241 e. The van der Waals surface area contributed by atoms with Gasteiger partial charge in [-0.15, -0.1) is 0 Å². The van der Waals surface area contributed by atoms with Gasteiger partial charge in [0.05, 0.1) is 12.0 Å². The quantitative estimate of drug-likeness (QED) is 0.805. The van der Waals surface area contributed by atoms with Crippen molar-refractivity contribution >= 4 is 10.0 Å². The number of methoxy groups -OCH3 is 1. The number of aryl methyl sites for hydroxylation is 1. The van der Waals surface area contributed by atoms with E-state index >= 15 is 0 Å². The molecule has 0 aliphatic rings. The van der Waals surface area contributed by atoms with Crippen molar-refractivity contribution in [2.24, 2.45) is 0 Å². The number of hydrogen-bond donors (Lipinski definition) is 2. The SMILES string of the molecule is CCC(C)(CCO)NS(=O)(=O)c1ccc(OC)c(C)c1. The molecule has 5 nitrogen and oxygen atoms in total. The van der Waals surface area contributed by atoms with E-state index in [1.54, 1.807) is 33.1 Å². The Balaban J connectivity index is 3.08. The van der Waals surface area contributed by atoms with Gasteiger partial charge in [0.15, 0.2) is 0 Å². The van der Waals surface area contributed by atoms with Crippen molar-refractivity contribution in [1.29, 1.82) is 0 Å². The molecule has 0 aliphatic carbocycles. The zero-order valence-corrected chi connectivity index (χ0v) is 13.3. The van der Waals surface area contributed by atoms with Crippen molar-refractivity contribution < 1.29 is 18.3 Å². The average Bonchev–Trinajstić information content (AvgIpc) is 2.38. The Labute approximate surface area is 121 Å². The number of sulfonamides is 1. The highest BCUT2D eigenvalue weighted by Gasteiger charge is 2.28. The van der Waals surface area contributed by atoms with Crippen molar-refractivity contribution in [3.05, 3.63) is 23.8 Å². The maximum Gasteiger partial charge on any atom is 0.241 e. The average molecular weight is 301 g/mol. The Bertz CT molecular complexity index is 556. The number of ether oxygens (including phenoxy) is 1. The lowest BCUT2D eigenvalue weighted by Crippen LogP contribution is -2.46. The monoisotopic (exact) mass is 301 g/mol. The number of aliphatic hydroxyl groups is 1. The molecule has 1 atom stereocenters. The lowest BCUT2D eigenvalue weighted by molar-refractivity contribution is 0.233. The van der Waals surface area contributed by atoms with Crippen LogP contribution in [0, 0.1) is 6.92 Å². The van der Waals surface area contributed by atoms with Gasteiger partial charge in [-0.3, -0.25) is 0 Å². The second-order valence-electron chi connectivity index (χ2n) is 5.12. The molecule has 0 spiro atoms. The standard InChI is InChI=1S/C14H23NO4S/c1-5-14(3,8-9-16)15-20(17,18)12-6-7-13(19-4)11(2)10-12/h6-7,10,15-16H,5,8-9H2,1-4H3. The van der Waals surface area contributed by atoms with Gasteiger partial charge in [-0.05, 0) is 50.5 Å². The third kappa shape index (κ3) is 3.94. The van der Waals surface area contributed by atoms with E-state index in [4.69, 9.17) is 9.84 Å². The Morgan fingerprint density at radius 2 is 2.05 bits per heavy atom. The summed E-state index contributed by atoms with van der Waals surface area (Å²) in [7, 11) is -2.07. The Morgan fingerprint density at radius 3 is 2.50 bits per heavy atom. The second kappa shape index (κ2) is 6.56. The molecule has 0 aromatic heterocycles. The summed E-state index contributed by atoms with van der Waals surface area (Å²) in [5.74, 6) is 0.651. The van der Waals surface area contributed by atoms with Crippen LogP contribution in [0.3, 0.4) is 0 Å². The number of hydrogen-bond acceptors (Lipinski definition) is 4. The molecular formula is C14H23NO4S. The molecule has 0 saturated heterocycles. The first-order chi connectivity index (χ1) is 9.28. The van der Waals surface area contributed by atoms with Crippen LogP contribution in [0.25, 0.3) is 0 Å². The van der Waals surface area contributed by atoms with Crippen LogP contribution in [0.5, 0.6) is 5.75 Å². The van der Waals surface area contributed by atoms with Gasteiger partial charge in [-0.2, -0.15) is 0 Å². The lowest BCUT2D eigenvalue weighted by atomic mass is 9.97. The molecule has 0 saturated carbocycles. The summed E-state index contributed by atoms with van der Waals surface area (Å²) in [4.78, 5) is 0.202. The van der Waals surface area contributed by atoms with Crippen molar-refractivity contribution in [3.8, 4) is 5.75 Å². The molecule has 6 heteroatoms. The van der Waals surface area contributed by atoms with E-state index in [-0.39, 0.29) is 11.5 Å². The molecule has 1 rings (SSSR count). The molecule has 0 radical (unpaired) electrons. The molecule has 1 unspecified atom stereocenters. The molecule has 1 aromatic carbocycles. The van der Waals surface area contributed by atoms with E-state index in [0.29, 0.717) is 18.6 Å². The first-order valence-electron chi connectivity index (χ1n) is 6.57. The van der Waals surface area contributed by atoms with Crippen LogP contribution in [-0.2, 0) is 10.0 Å². The second-order valence-corrected chi connectivity index (χ2v) is 6.81. The molecule has 1 aromatic rings. The van der Waals surface area contributed by atoms with Crippen molar-refractivity contribution in [3.63, 3.8) is 0 Å². The zero-order chi connectivity index (χ0) is 15.4. The molecule has 114 valence electrons. The van der Waals surface area contributed by atoms with Gasteiger partial charge in [-0.1, -0.05) is 6.92 Å². The van der Waals surface area contributed by atoms with Gasteiger partial charge in [0.1, 0.15) is 5.75 Å². The third-order valence-corrected chi connectivity index (χ3v) is 5.14. The number of nitrogens with one attached hydrogen (secondary N) is 1. The van der Waals surface area contributed by atoms with Gasteiger partial charge in [0.2, 0.25) is 10.0 Å². The highest BCUT2D eigenvalue weighted by molar-refractivity contribution is 7.89. The molecule has 0 aliphatic heterocycles. The molecular weight excluding hydrogens is 278 g/mol. The fraction of sp³-hybridized carbons (Fsp3) is 0.571. The molecule has 0 fully saturated rings. The minimum atomic E-state index is -3.62. The number of rotatable bonds is 7. The molecule has 2 N–H and O–H groups in total. The molecule has 0 heterocycles. The summed E-state index contributed by atoms with van der Waals surface area (Å²) < 4.78 is 32.6. The van der Waals surface area contributed by atoms with Crippen LogP contribution in [0.15, 0.2) is 23.1 Å². The summed E-state index contributed by atoms with van der Waals surface area (Å²) in [6.07, 6.45) is 0.972. The zero-order valence-electron chi connectivity index (χ0n) is 12.4. The van der Waals surface area contributed by atoms with Gasteiger partial charge in [0, 0.05) is 12.1 Å². The maximum absolute atomic E-state index is 12.4. The highest BCUT2D eigenvalue weighted by Crippen LogP contribution is 2.23. The van der Waals surface area contributed by atoms with E-state index in [1.807, 2.05) is 6.92 Å². The van der Waals surface area contributed by atoms with Crippen molar-refractivity contribution in [1.82, 2.24) is 4.72 Å². The minimum absolute atomic E-state index is 0.0610. The third-order valence-electron chi connectivity index (χ3n) is 3.50. The van der Waals surface area contributed by atoms with Gasteiger partial charge in [0.25, 0.3) is 0 Å². The van der Waals surface area contributed by atoms with Crippen LogP contribution in [0.2, 0.25) is 0 Å². The van der Waals surface area contributed by atoms with E-state index in [2.05, 4.69) is 4.72 Å². The maximum atomic E-state index is 12.4. The van der Waals surface area contributed by atoms with Crippen LogP contribution >= 0.6 is 0 Å². The van der Waals surface area contributed by atoms with Crippen molar-refractivity contribution in [2.75, 3.05) is 13.7 Å². The highest BCUT2D eigenvalue weighted by atomic mass is 32.2. The van der Waals surface area contributed by atoms with E-state index in [9.17, 15) is 8.42 Å². The largest absolute Gasteiger partial charge is 0.496 e. The first kappa shape index (κ1) is 16.9.